The molecule has 2 heterocycles. The molecule has 3 aromatic rings. The van der Waals surface area contributed by atoms with Crippen LogP contribution in [-0.4, -0.2) is 46.9 Å². The molecule has 0 unspecified atom stereocenters. The van der Waals surface area contributed by atoms with Gasteiger partial charge >= 0.3 is 0 Å². The predicted molar refractivity (Wildman–Crippen MR) is 114 cm³/mol. The summed E-state index contributed by atoms with van der Waals surface area (Å²) in [5.74, 6) is 0. The molecule has 0 radical (unpaired) electrons. The molecule has 0 saturated heterocycles. The number of likely N-dealkylation sites (N-methyl/N-ethyl adjacent to an activating group) is 1. The van der Waals surface area contributed by atoms with Crippen LogP contribution in [0.1, 0.15) is 16.8 Å². The van der Waals surface area contributed by atoms with Crippen LogP contribution in [0.15, 0.2) is 48.5 Å². The molecule has 5 nitrogen and oxygen atoms in total. The van der Waals surface area contributed by atoms with Gasteiger partial charge in [0.05, 0.1) is 12.3 Å². The van der Waals surface area contributed by atoms with Crippen molar-refractivity contribution in [2.24, 2.45) is 0 Å². The zero-order valence-electron chi connectivity index (χ0n) is 16.0. The van der Waals surface area contributed by atoms with Crippen LogP contribution in [0.3, 0.4) is 0 Å². The van der Waals surface area contributed by atoms with E-state index in [9.17, 15) is 0 Å². The third-order valence-electron chi connectivity index (χ3n) is 5.33. The summed E-state index contributed by atoms with van der Waals surface area (Å²) in [5, 5.41) is 17.6. The lowest BCUT2D eigenvalue weighted by atomic mass is 10.0. The Bertz CT molecular complexity index is 938. The molecule has 0 atom stereocenters. The first-order valence-corrected chi connectivity index (χ1v) is 9.97. The summed E-state index contributed by atoms with van der Waals surface area (Å²) in [4.78, 5) is 4.51. The summed E-state index contributed by atoms with van der Waals surface area (Å²) < 4.78 is 0. The summed E-state index contributed by atoms with van der Waals surface area (Å²) in [6.07, 6.45) is 0.972. The van der Waals surface area contributed by atoms with Crippen molar-refractivity contribution in [1.82, 2.24) is 15.1 Å². The largest absolute Gasteiger partial charge is 0.395 e. The number of halogens is 1. The minimum Gasteiger partial charge on any atom is -0.395 e. The van der Waals surface area contributed by atoms with Crippen LogP contribution < -0.4 is 4.90 Å². The fourth-order valence-electron chi connectivity index (χ4n) is 3.75. The number of anilines is 1. The van der Waals surface area contributed by atoms with Crippen LogP contribution in [0.2, 0.25) is 5.02 Å². The van der Waals surface area contributed by atoms with Crippen LogP contribution in [0.5, 0.6) is 0 Å². The molecule has 146 valence electrons. The quantitative estimate of drug-likeness (QED) is 0.666. The second kappa shape index (κ2) is 8.35. The number of nitrogens with one attached hydrogen (secondary N) is 1. The molecule has 0 aliphatic carbocycles. The van der Waals surface area contributed by atoms with E-state index in [0.717, 1.165) is 48.0 Å². The fraction of sp³-hybridized carbons (Fsp3) is 0.318. The van der Waals surface area contributed by atoms with Gasteiger partial charge in [-0.25, -0.2) is 0 Å². The van der Waals surface area contributed by atoms with Crippen molar-refractivity contribution in [3.8, 4) is 11.3 Å². The van der Waals surface area contributed by atoms with Crippen molar-refractivity contribution in [3.05, 3.63) is 70.4 Å². The van der Waals surface area contributed by atoms with Gasteiger partial charge in [0.25, 0.3) is 0 Å². The van der Waals surface area contributed by atoms with Crippen LogP contribution >= 0.6 is 11.6 Å². The maximum absolute atomic E-state index is 9.09. The van der Waals surface area contributed by atoms with E-state index in [2.05, 4.69) is 50.3 Å². The van der Waals surface area contributed by atoms with E-state index in [-0.39, 0.29) is 6.61 Å². The first-order chi connectivity index (χ1) is 13.6. The zero-order valence-corrected chi connectivity index (χ0v) is 16.8. The Morgan fingerprint density at radius 3 is 2.79 bits per heavy atom. The van der Waals surface area contributed by atoms with Gasteiger partial charge in [-0.3, -0.25) is 10.00 Å². The summed E-state index contributed by atoms with van der Waals surface area (Å²) in [7, 11) is 1.99. The Hall–Kier alpha value is -2.34. The number of nitrogens with zero attached hydrogens (tertiary/aromatic N) is 3. The summed E-state index contributed by atoms with van der Waals surface area (Å²) in [5.41, 5.74) is 6.97. The Labute approximate surface area is 170 Å². The van der Waals surface area contributed by atoms with Crippen LogP contribution in [0.25, 0.3) is 11.3 Å². The molecule has 4 rings (SSSR count). The van der Waals surface area contributed by atoms with Gasteiger partial charge in [-0.15, -0.1) is 0 Å². The topological polar surface area (TPSA) is 55.4 Å². The average Bonchev–Trinajstić information content (AvgIpc) is 3.12. The number of fused-ring (bicyclic) bond motifs is 1. The van der Waals surface area contributed by atoms with Gasteiger partial charge in [0, 0.05) is 67.2 Å². The summed E-state index contributed by atoms with van der Waals surface area (Å²) in [6.45, 7) is 3.59. The van der Waals surface area contributed by atoms with E-state index in [4.69, 9.17) is 16.7 Å². The normalized spacial score (nSPS) is 14.1. The fourth-order valence-corrected chi connectivity index (χ4v) is 3.94. The molecule has 0 bridgehead atoms. The van der Waals surface area contributed by atoms with Gasteiger partial charge in [-0.2, -0.15) is 5.10 Å². The number of aromatic amines is 1. The van der Waals surface area contributed by atoms with Gasteiger partial charge in [0.2, 0.25) is 0 Å². The van der Waals surface area contributed by atoms with Crippen molar-refractivity contribution in [3.63, 3.8) is 0 Å². The highest BCUT2D eigenvalue weighted by molar-refractivity contribution is 6.30. The average molecular weight is 397 g/mol. The van der Waals surface area contributed by atoms with E-state index < -0.39 is 0 Å². The first-order valence-electron chi connectivity index (χ1n) is 9.59. The third kappa shape index (κ3) is 4.07. The number of benzene rings is 2. The van der Waals surface area contributed by atoms with Crippen LogP contribution in [0.4, 0.5) is 5.69 Å². The van der Waals surface area contributed by atoms with Crippen LogP contribution in [-0.2, 0) is 19.5 Å². The lowest BCUT2D eigenvalue weighted by Gasteiger charge is -2.27. The number of hydrogen-bond donors (Lipinski definition) is 2. The van der Waals surface area contributed by atoms with Crippen molar-refractivity contribution in [2.45, 2.75) is 19.5 Å². The highest BCUT2D eigenvalue weighted by Crippen LogP contribution is 2.30. The molecule has 1 aliphatic rings. The van der Waals surface area contributed by atoms with Gasteiger partial charge in [-0.1, -0.05) is 35.9 Å². The molecule has 1 aromatic heterocycles. The monoisotopic (exact) mass is 396 g/mol. The Morgan fingerprint density at radius 2 is 2.04 bits per heavy atom. The van der Waals surface area contributed by atoms with E-state index in [0.29, 0.717) is 6.54 Å². The first kappa shape index (κ1) is 19.0. The number of aromatic nitrogens is 2. The van der Waals surface area contributed by atoms with Crippen molar-refractivity contribution in [1.29, 1.82) is 0 Å². The van der Waals surface area contributed by atoms with Crippen molar-refractivity contribution >= 4 is 17.3 Å². The molecule has 6 heteroatoms. The Morgan fingerprint density at radius 1 is 1.21 bits per heavy atom. The molecule has 0 spiro atoms. The second-order valence-corrected chi connectivity index (χ2v) is 7.75. The maximum Gasteiger partial charge on any atom is 0.0969 e. The Balaban J connectivity index is 1.48. The summed E-state index contributed by atoms with van der Waals surface area (Å²) in [6, 6.07) is 16.5. The zero-order chi connectivity index (χ0) is 19.5. The lowest BCUT2D eigenvalue weighted by molar-refractivity contribution is 0.245. The van der Waals surface area contributed by atoms with Crippen LogP contribution in [0, 0.1) is 0 Å². The minimum absolute atomic E-state index is 0.161. The Kier molecular flexibility index (Phi) is 5.67. The van der Waals surface area contributed by atoms with Gasteiger partial charge < -0.3 is 10.0 Å². The minimum atomic E-state index is 0.161. The smallest absolute Gasteiger partial charge is 0.0969 e. The summed E-state index contributed by atoms with van der Waals surface area (Å²) >= 11 is 6.17. The third-order valence-corrected chi connectivity index (χ3v) is 5.56. The number of rotatable bonds is 6. The highest BCUT2D eigenvalue weighted by Gasteiger charge is 2.23. The van der Waals surface area contributed by atoms with E-state index in [1.807, 2.05) is 25.2 Å². The van der Waals surface area contributed by atoms with Gasteiger partial charge in [0.15, 0.2) is 0 Å². The molecule has 28 heavy (non-hydrogen) atoms. The molecule has 2 aromatic carbocycles. The SMILES string of the molecule is CN(CCO)c1ccc(CN2CCc3[nH]nc(-c4cccc(Cl)c4)c3C2)cc1. The molecule has 0 saturated carbocycles. The number of hydrogen-bond acceptors (Lipinski definition) is 4. The molecule has 0 amide bonds. The number of aliphatic hydroxyl groups excluding tert-OH is 1. The maximum atomic E-state index is 9.09. The lowest BCUT2D eigenvalue weighted by Crippen LogP contribution is -2.30. The van der Waals surface area contributed by atoms with Crippen molar-refractivity contribution in [2.75, 3.05) is 31.6 Å². The molecule has 1 aliphatic heterocycles. The highest BCUT2D eigenvalue weighted by atomic mass is 35.5. The molecule has 2 N–H and O–H groups in total. The molecule has 0 fully saturated rings. The number of H-pyrrole nitrogens is 1. The van der Waals surface area contributed by atoms with E-state index in [1.54, 1.807) is 0 Å². The molecular formula is C22H25ClN4O. The predicted octanol–water partition coefficient (Wildman–Crippen LogP) is 3.72. The second-order valence-electron chi connectivity index (χ2n) is 7.31. The van der Waals surface area contributed by atoms with Crippen molar-refractivity contribution < 1.29 is 5.11 Å². The van der Waals surface area contributed by atoms with E-state index in [1.165, 1.54) is 16.8 Å². The molecular weight excluding hydrogens is 372 g/mol. The van der Waals surface area contributed by atoms with Gasteiger partial charge in [0.1, 0.15) is 0 Å². The number of aliphatic hydroxyl groups is 1. The van der Waals surface area contributed by atoms with E-state index >= 15 is 0 Å². The standard InChI is InChI=1S/C22H25ClN4O/c1-26(11-12-28)19-7-5-16(6-8-19)14-27-10-9-21-20(15-27)22(25-24-21)17-3-2-4-18(23)13-17/h2-8,13,28H,9-12,14-15H2,1H3,(H,24,25). The van der Waals surface area contributed by atoms with Gasteiger partial charge in [-0.05, 0) is 29.8 Å².